The Morgan fingerprint density at radius 2 is 1.56 bits per heavy atom. The third-order valence-electron chi connectivity index (χ3n) is 6.66. The summed E-state index contributed by atoms with van der Waals surface area (Å²) >= 11 is 0. The van der Waals surface area contributed by atoms with Crippen LogP contribution in [0.2, 0.25) is 0 Å². The van der Waals surface area contributed by atoms with Crippen LogP contribution in [0.4, 0.5) is 0 Å². The van der Waals surface area contributed by atoms with Crippen LogP contribution in [0, 0.1) is 13.8 Å². The van der Waals surface area contributed by atoms with Crippen LogP contribution < -0.4 is 14.9 Å². The number of benzene rings is 3. The minimum Gasteiger partial charge on any atom is -0.490 e. The molecule has 4 aromatic rings. The largest absolute Gasteiger partial charge is 0.490 e. The van der Waals surface area contributed by atoms with Crippen LogP contribution in [0.1, 0.15) is 58.3 Å². The second-order valence-electron chi connectivity index (χ2n) is 9.00. The second kappa shape index (κ2) is 9.53. The van der Waals surface area contributed by atoms with E-state index in [1.54, 1.807) is 4.90 Å². The molecule has 1 atom stereocenters. The molecule has 1 aliphatic rings. The number of hydrogen-bond acceptors (Lipinski definition) is 5. The van der Waals surface area contributed by atoms with Gasteiger partial charge in [-0.05, 0) is 74.2 Å². The molecule has 0 spiro atoms. The zero-order valence-electron chi connectivity index (χ0n) is 21.0. The maximum Gasteiger partial charge on any atom is 0.291 e. The van der Waals surface area contributed by atoms with Crippen molar-refractivity contribution >= 4 is 16.9 Å². The number of carbonyl (C=O) groups excluding carboxylic acids is 1. The first kappa shape index (κ1) is 23.7. The number of hydrogen-bond donors (Lipinski definition) is 0. The molecule has 1 unspecified atom stereocenters. The molecule has 0 aliphatic carbocycles. The van der Waals surface area contributed by atoms with Crippen LogP contribution in [0.5, 0.6) is 11.5 Å². The molecule has 0 radical (unpaired) electrons. The van der Waals surface area contributed by atoms with Gasteiger partial charge in [-0.2, -0.15) is 0 Å². The smallest absolute Gasteiger partial charge is 0.291 e. The molecule has 6 nitrogen and oxygen atoms in total. The molecular formula is C30H29NO5. The van der Waals surface area contributed by atoms with Gasteiger partial charge in [0.1, 0.15) is 5.58 Å². The molecule has 184 valence electrons. The van der Waals surface area contributed by atoms with Gasteiger partial charge >= 0.3 is 0 Å². The van der Waals surface area contributed by atoms with Crippen molar-refractivity contribution in [3.63, 3.8) is 0 Å². The third kappa shape index (κ3) is 4.02. The molecule has 3 aromatic carbocycles. The Kier molecular flexibility index (Phi) is 6.27. The summed E-state index contributed by atoms with van der Waals surface area (Å²) in [5.74, 6) is 0.999. The van der Waals surface area contributed by atoms with Crippen LogP contribution >= 0.6 is 0 Å². The lowest BCUT2D eigenvalue weighted by atomic mass is 9.97. The highest BCUT2D eigenvalue weighted by Crippen LogP contribution is 2.42. The van der Waals surface area contributed by atoms with Gasteiger partial charge in [0.25, 0.3) is 5.91 Å². The number of carbonyl (C=O) groups is 1. The number of aryl methyl sites for hydroxylation is 2. The zero-order chi connectivity index (χ0) is 25.4. The predicted molar refractivity (Wildman–Crippen MR) is 139 cm³/mol. The SMILES string of the molecule is CCOc1ccc(C2c3c(oc4cc(C)c(C)cc4c3=O)C(=O)N2Cc2ccccc2)cc1OCC. The third-order valence-corrected chi connectivity index (χ3v) is 6.66. The van der Waals surface area contributed by atoms with Crippen molar-refractivity contribution in [1.82, 2.24) is 4.90 Å². The Bertz CT molecular complexity index is 1510. The molecule has 1 amide bonds. The second-order valence-corrected chi connectivity index (χ2v) is 9.00. The molecule has 6 heteroatoms. The summed E-state index contributed by atoms with van der Waals surface area (Å²) in [4.78, 5) is 29.3. The van der Waals surface area contributed by atoms with Crippen LogP contribution in [-0.4, -0.2) is 24.0 Å². The van der Waals surface area contributed by atoms with Gasteiger partial charge in [0, 0.05) is 6.54 Å². The van der Waals surface area contributed by atoms with Gasteiger partial charge in [0.2, 0.25) is 5.76 Å². The average Bonchev–Trinajstić information content (AvgIpc) is 3.14. The van der Waals surface area contributed by atoms with Gasteiger partial charge in [0.05, 0.1) is 30.2 Å². The Balaban J connectivity index is 1.73. The molecule has 36 heavy (non-hydrogen) atoms. The minimum atomic E-state index is -0.621. The summed E-state index contributed by atoms with van der Waals surface area (Å²) in [6.45, 7) is 9.04. The van der Waals surface area contributed by atoms with Gasteiger partial charge in [-0.1, -0.05) is 36.4 Å². The van der Waals surface area contributed by atoms with E-state index in [-0.39, 0.29) is 17.1 Å². The molecule has 0 saturated carbocycles. The van der Waals surface area contributed by atoms with Crippen molar-refractivity contribution in [3.8, 4) is 11.5 Å². The lowest BCUT2D eigenvalue weighted by Crippen LogP contribution is -2.29. The summed E-state index contributed by atoms with van der Waals surface area (Å²) in [7, 11) is 0. The van der Waals surface area contributed by atoms with E-state index in [9.17, 15) is 9.59 Å². The Hall–Kier alpha value is -4.06. The molecular weight excluding hydrogens is 454 g/mol. The summed E-state index contributed by atoms with van der Waals surface area (Å²) in [6.07, 6.45) is 0. The van der Waals surface area contributed by atoms with Crippen LogP contribution in [0.3, 0.4) is 0 Å². The lowest BCUT2D eigenvalue weighted by molar-refractivity contribution is 0.0714. The molecule has 2 heterocycles. The monoisotopic (exact) mass is 483 g/mol. The number of rotatable bonds is 7. The van der Waals surface area contributed by atoms with Crippen molar-refractivity contribution in [2.75, 3.05) is 13.2 Å². The molecule has 0 fully saturated rings. The van der Waals surface area contributed by atoms with E-state index in [4.69, 9.17) is 13.9 Å². The van der Waals surface area contributed by atoms with Crippen molar-refractivity contribution in [1.29, 1.82) is 0 Å². The molecule has 0 saturated heterocycles. The first-order valence-electron chi connectivity index (χ1n) is 12.2. The number of ether oxygens (including phenoxy) is 2. The van der Waals surface area contributed by atoms with Gasteiger partial charge < -0.3 is 18.8 Å². The Morgan fingerprint density at radius 1 is 0.861 bits per heavy atom. The van der Waals surface area contributed by atoms with Gasteiger partial charge in [-0.3, -0.25) is 9.59 Å². The fraction of sp³-hybridized carbons (Fsp3) is 0.267. The lowest BCUT2D eigenvalue weighted by Gasteiger charge is -2.26. The fourth-order valence-electron chi connectivity index (χ4n) is 4.80. The maximum absolute atomic E-state index is 13.9. The molecule has 0 N–H and O–H groups in total. The Labute approximate surface area is 210 Å². The highest BCUT2D eigenvalue weighted by atomic mass is 16.5. The molecule has 0 bridgehead atoms. The van der Waals surface area contributed by atoms with E-state index in [0.717, 1.165) is 22.3 Å². The summed E-state index contributed by atoms with van der Waals surface area (Å²) in [6, 6.07) is 18.4. The van der Waals surface area contributed by atoms with Gasteiger partial charge in [0.15, 0.2) is 16.9 Å². The first-order chi connectivity index (χ1) is 17.4. The normalized spacial score (nSPS) is 14.8. The summed E-state index contributed by atoms with van der Waals surface area (Å²) in [5, 5.41) is 0.479. The predicted octanol–water partition coefficient (Wildman–Crippen LogP) is 5.95. The summed E-state index contributed by atoms with van der Waals surface area (Å²) in [5.41, 5.74) is 4.33. The highest BCUT2D eigenvalue weighted by Gasteiger charge is 2.43. The molecule has 1 aliphatic heterocycles. The van der Waals surface area contributed by atoms with E-state index < -0.39 is 6.04 Å². The van der Waals surface area contributed by atoms with E-state index in [1.165, 1.54) is 0 Å². The van der Waals surface area contributed by atoms with Crippen molar-refractivity contribution in [3.05, 3.63) is 104 Å². The Morgan fingerprint density at radius 3 is 2.28 bits per heavy atom. The maximum atomic E-state index is 13.9. The topological polar surface area (TPSA) is 69.0 Å². The zero-order valence-corrected chi connectivity index (χ0v) is 21.0. The van der Waals surface area contributed by atoms with Gasteiger partial charge in [-0.15, -0.1) is 0 Å². The van der Waals surface area contributed by atoms with Crippen molar-refractivity contribution < 1.29 is 18.7 Å². The average molecular weight is 484 g/mol. The van der Waals surface area contributed by atoms with Crippen LogP contribution in [-0.2, 0) is 6.54 Å². The van der Waals surface area contributed by atoms with E-state index in [1.807, 2.05) is 88.4 Å². The summed E-state index contributed by atoms with van der Waals surface area (Å²) < 4.78 is 17.7. The van der Waals surface area contributed by atoms with E-state index in [2.05, 4.69) is 0 Å². The molecule has 1 aromatic heterocycles. The van der Waals surface area contributed by atoms with E-state index in [0.29, 0.717) is 47.8 Å². The van der Waals surface area contributed by atoms with Gasteiger partial charge in [-0.25, -0.2) is 0 Å². The van der Waals surface area contributed by atoms with Crippen LogP contribution in [0.25, 0.3) is 11.0 Å². The van der Waals surface area contributed by atoms with E-state index >= 15 is 0 Å². The minimum absolute atomic E-state index is 0.100. The standard InChI is InChI=1S/C30H29NO5/c1-5-34-23-13-12-21(16-25(23)35-6-2)27-26-28(32)22-14-18(3)19(4)15-24(22)36-29(26)30(33)31(27)17-20-10-8-7-9-11-20/h7-16,27H,5-6,17H2,1-4H3. The quantitative estimate of drug-likeness (QED) is 0.325. The number of amides is 1. The fourth-order valence-corrected chi connectivity index (χ4v) is 4.80. The number of fused-ring (bicyclic) bond motifs is 2. The van der Waals surface area contributed by atoms with Crippen LogP contribution in [0.15, 0.2) is 69.9 Å². The molecule has 5 rings (SSSR count). The highest BCUT2D eigenvalue weighted by molar-refractivity contribution is 5.99. The van der Waals surface area contributed by atoms with Crippen molar-refractivity contribution in [2.45, 2.75) is 40.3 Å². The number of nitrogens with zero attached hydrogens (tertiary/aromatic N) is 1. The van der Waals surface area contributed by atoms with Crippen molar-refractivity contribution in [2.24, 2.45) is 0 Å². The first-order valence-corrected chi connectivity index (χ1v) is 12.2.